The van der Waals surface area contributed by atoms with E-state index in [4.69, 9.17) is 5.73 Å². The molecule has 0 aromatic carbocycles. The number of sulfonamides is 1. The van der Waals surface area contributed by atoms with Gasteiger partial charge in [0.2, 0.25) is 10.0 Å². The van der Waals surface area contributed by atoms with Crippen LogP contribution in [0.3, 0.4) is 0 Å². The lowest BCUT2D eigenvalue weighted by Gasteiger charge is -2.11. The third kappa shape index (κ3) is 4.88. The standard InChI is InChI=1S/C8H19N3O4S2/c9-2-3-10-4-5-11-17(14,15)8-1-6-16(12,13)7-8/h8,10-11H,1-7,9H2/t8-/m0/s1. The second-order valence-electron chi connectivity index (χ2n) is 4.00. The van der Waals surface area contributed by atoms with Gasteiger partial charge in [0, 0.05) is 26.2 Å². The predicted molar refractivity (Wildman–Crippen MR) is 65.9 cm³/mol. The quantitative estimate of drug-likeness (QED) is 0.450. The van der Waals surface area contributed by atoms with E-state index in [0.717, 1.165) is 0 Å². The molecule has 0 aliphatic carbocycles. The highest BCUT2D eigenvalue weighted by Gasteiger charge is 2.36. The van der Waals surface area contributed by atoms with E-state index < -0.39 is 25.1 Å². The summed E-state index contributed by atoms with van der Waals surface area (Å²) >= 11 is 0. The predicted octanol–water partition coefficient (Wildman–Crippen LogP) is -2.36. The molecule has 0 amide bonds. The molecule has 7 nitrogen and oxygen atoms in total. The van der Waals surface area contributed by atoms with Crippen molar-refractivity contribution in [1.29, 1.82) is 0 Å². The van der Waals surface area contributed by atoms with Crippen molar-refractivity contribution in [3.8, 4) is 0 Å². The van der Waals surface area contributed by atoms with Crippen molar-refractivity contribution in [2.45, 2.75) is 11.7 Å². The first kappa shape index (κ1) is 14.8. The van der Waals surface area contributed by atoms with Crippen LogP contribution < -0.4 is 15.8 Å². The number of sulfone groups is 1. The topological polar surface area (TPSA) is 118 Å². The highest BCUT2D eigenvalue weighted by molar-refractivity contribution is 7.95. The maximum Gasteiger partial charge on any atom is 0.215 e. The van der Waals surface area contributed by atoms with E-state index in [0.29, 0.717) is 19.6 Å². The monoisotopic (exact) mass is 285 g/mol. The van der Waals surface area contributed by atoms with E-state index in [1.165, 1.54) is 0 Å². The molecule has 1 aliphatic rings. The van der Waals surface area contributed by atoms with Crippen LogP contribution in [-0.2, 0) is 19.9 Å². The van der Waals surface area contributed by atoms with Crippen LogP contribution in [0.5, 0.6) is 0 Å². The van der Waals surface area contributed by atoms with E-state index in [9.17, 15) is 16.8 Å². The normalized spacial score (nSPS) is 23.9. The fourth-order valence-electron chi connectivity index (χ4n) is 1.63. The van der Waals surface area contributed by atoms with Crippen LogP contribution in [0.4, 0.5) is 0 Å². The zero-order valence-corrected chi connectivity index (χ0v) is 11.2. The summed E-state index contributed by atoms with van der Waals surface area (Å²) in [6, 6.07) is 0. The SMILES string of the molecule is NCCNCCNS(=O)(=O)[C@H]1CCS(=O)(=O)C1. The van der Waals surface area contributed by atoms with Crippen LogP contribution in [0.25, 0.3) is 0 Å². The van der Waals surface area contributed by atoms with Gasteiger partial charge in [-0.25, -0.2) is 21.6 Å². The molecule has 0 bridgehead atoms. The number of nitrogens with two attached hydrogens (primary N) is 1. The second kappa shape index (κ2) is 6.10. The van der Waals surface area contributed by atoms with Gasteiger partial charge in [-0.2, -0.15) is 0 Å². The molecular weight excluding hydrogens is 266 g/mol. The number of hydrogen-bond donors (Lipinski definition) is 3. The fraction of sp³-hybridized carbons (Fsp3) is 1.00. The van der Waals surface area contributed by atoms with Crippen molar-refractivity contribution < 1.29 is 16.8 Å². The van der Waals surface area contributed by atoms with E-state index >= 15 is 0 Å². The Morgan fingerprint density at radius 1 is 1.24 bits per heavy atom. The van der Waals surface area contributed by atoms with Gasteiger partial charge in [0.15, 0.2) is 9.84 Å². The van der Waals surface area contributed by atoms with E-state index in [1.807, 2.05) is 0 Å². The molecule has 102 valence electrons. The molecule has 17 heavy (non-hydrogen) atoms. The minimum Gasteiger partial charge on any atom is -0.329 e. The lowest BCUT2D eigenvalue weighted by molar-refractivity contribution is 0.563. The smallest absolute Gasteiger partial charge is 0.215 e. The zero-order chi connectivity index (χ0) is 12.9. The van der Waals surface area contributed by atoms with E-state index in [-0.39, 0.29) is 24.5 Å². The average Bonchev–Trinajstić information content (AvgIpc) is 2.59. The molecular formula is C8H19N3O4S2. The van der Waals surface area contributed by atoms with Crippen LogP contribution >= 0.6 is 0 Å². The number of rotatable bonds is 7. The average molecular weight is 285 g/mol. The zero-order valence-electron chi connectivity index (χ0n) is 9.55. The van der Waals surface area contributed by atoms with Gasteiger partial charge in [0.25, 0.3) is 0 Å². The van der Waals surface area contributed by atoms with Gasteiger partial charge in [-0.05, 0) is 6.42 Å². The molecule has 0 aromatic rings. The van der Waals surface area contributed by atoms with E-state index in [2.05, 4.69) is 10.0 Å². The summed E-state index contributed by atoms with van der Waals surface area (Å²) in [5.41, 5.74) is 5.26. The highest BCUT2D eigenvalue weighted by atomic mass is 32.2. The van der Waals surface area contributed by atoms with Gasteiger partial charge in [-0.15, -0.1) is 0 Å². The minimum absolute atomic E-state index is 0.0377. The van der Waals surface area contributed by atoms with Crippen LogP contribution in [0.15, 0.2) is 0 Å². The molecule has 0 spiro atoms. The van der Waals surface area contributed by atoms with Gasteiger partial charge >= 0.3 is 0 Å². The van der Waals surface area contributed by atoms with Crippen molar-refractivity contribution in [1.82, 2.24) is 10.0 Å². The van der Waals surface area contributed by atoms with E-state index in [1.54, 1.807) is 0 Å². The third-order valence-electron chi connectivity index (χ3n) is 2.56. The van der Waals surface area contributed by atoms with Crippen LogP contribution in [0.2, 0.25) is 0 Å². The molecule has 1 heterocycles. The van der Waals surface area contributed by atoms with Crippen LogP contribution in [0.1, 0.15) is 6.42 Å². The molecule has 0 saturated carbocycles. The summed E-state index contributed by atoms with van der Waals surface area (Å²) < 4.78 is 48.2. The molecule has 0 unspecified atom stereocenters. The van der Waals surface area contributed by atoms with Gasteiger partial charge in [0.1, 0.15) is 0 Å². The Kier molecular flexibility index (Phi) is 5.32. The summed E-state index contributed by atoms with van der Waals surface area (Å²) in [5.74, 6) is -0.303. The third-order valence-corrected chi connectivity index (χ3v) is 6.42. The minimum atomic E-state index is -3.52. The molecule has 9 heteroatoms. The molecule has 1 saturated heterocycles. The summed E-state index contributed by atoms with van der Waals surface area (Å²) in [5, 5.41) is 2.14. The Hall–Kier alpha value is -0.220. The van der Waals surface area contributed by atoms with Gasteiger partial charge < -0.3 is 11.1 Å². The Morgan fingerprint density at radius 2 is 1.94 bits per heavy atom. The van der Waals surface area contributed by atoms with Crippen molar-refractivity contribution in [3.05, 3.63) is 0 Å². The first-order chi connectivity index (χ1) is 7.87. The van der Waals surface area contributed by atoms with Gasteiger partial charge in [-0.1, -0.05) is 0 Å². The molecule has 1 aliphatic heterocycles. The Labute approximate surface area is 102 Å². The summed E-state index contributed by atoms with van der Waals surface area (Å²) in [4.78, 5) is 0. The largest absolute Gasteiger partial charge is 0.329 e. The lowest BCUT2D eigenvalue weighted by Crippen LogP contribution is -2.39. The first-order valence-electron chi connectivity index (χ1n) is 5.47. The molecule has 0 radical (unpaired) electrons. The Morgan fingerprint density at radius 3 is 2.47 bits per heavy atom. The number of nitrogens with one attached hydrogen (secondary N) is 2. The molecule has 1 rings (SSSR count). The number of hydrogen-bond acceptors (Lipinski definition) is 6. The summed E-state index contributed by atoms with van der Waals surface area (Å²) in [7, 11) is -6.69. The van der Waals surface area contributed by atoms with Gasteiger partial charge in [0.05, 0.1) is 16.8 Å². The molecule has 4 N–H and O–H groups in total. The Balaban J connectivity index is 2.37. The molecule has 1 fully saturated rings. The molecule has 1 atom stereocenters. The second-order valence-corrected chi connectivity index (χ2v) is 8.28. The van der Waals surface area contributed by atoms with Crippen molar-refractivity contribution >= 4 is 19.9 Å². The summed E-state index contributed by atoms with van der Waals surface area (Å²) in [6.07, 6.45) is 0.188. The van der Waals surface area contributed by atoms with Crippen LogP contribution in [-0.4, -0.2) is 59.8 Å². The lowest BCUT2D eigenvalue weighted by atomic mass is 10.4. The van der Waals surface area contributed by atoms with Crippen molar-refractivity contribution in [3.63, 3.8) is 0 Å². The highest BCUT2D eigenvalue weighted by Crippen LogP contribution is 2.17. The summed E-state index contributed by atoms with van der Waals surface area (Å²) in [6.45, 7) is 1.85. The maximum absolute atomic E-state index is 11.7. The fourth-order valence-corrected chi connectivity index (χ4v) is 5.71. The van der Waals surface area contributed by atoms with Crippen molar-refractivity contribution in [2.75, 3.05) is 37.7 Å². The maximum atomic E-state index is 11.7. The molecule has 0 aromatic heterocycles. The van der Waals surface area contributed by atoms with Gasteiger partial charge in [-0.3, -0.25) is 0 Å². The van der Waals surface area contributed by atoms with Crippen LogP contribution in [0, 0.1) is 0 Å². The Bertz CT molecular complexity index is 432. The first-order valence-corrected chi connectivity index (χ1v) is 8.84. The van der Waals surface area contributed by atoms with Crippen molar-refractivity contribution in [2.24, 2.45) is 5.73 Å².